The standard InChI is InChI=1S/C22H19N3O4/c1-14(26)15-2-4-17(5-3-15)25-22(27)16-8-9-23-21(12-16)24-18-6-7-19-20(13-18)29-11-10-28-19/h2-9,12-13H,10-11H2,1H3,(H,23,24)(H,25,27). The van der Waals surface area contributed by atoms with Gasteiger partial charge in [0.1, 0.15) is 19.0 Å². The predicted octanol–water partition coefficient (Wildman–Crippen LogP) is 4.05. The summed E-state index contributed by atoms with van der Waals surface area (Å²) in [5, 5.41) is 5.98. The molecule has 2 aromatic carbocycles. The zero-order valence-corrected chi connectivity index (χ0v) is 15.8. The Balaban J connectivity index is 1.46. The van der Waals surface area contributed by atoms with Crippen LogP contribution in [0.2, 0.25) is 0 Å². The van der Waals surface area contributed by atoms with Crippen molar-refractivity contribution in [2.24, 2.45) is 0 Å². The summed E-state index contributed by atoms with van der Waals surface area (Å²) in [6, 6.07) is 15.6. The number of Topliss-reactive ketones (excluding diaryl/α,β-unsaturated/α-hetero) is 1. The first kappa shape index (κ1) is 18.5. The first-order valence-electron chi connectivity index (χ1n) is 9.13. The molecule has 7 nitrogen and oxygen atoms in total. The van der Waals surface area contributed by atoms with Crippen molar-refractivity contribution in [1.82, 2.24) is 4.98 Å². The molecule has 0 atom stereocenters. The van der Waals surface area contributed by atoms with Gasteiger partial charge in [-0.15, -0.1) is 0 Å². The normalized spacial score (nSPS) is 12.2. The molecule has 146 valence electrons. The van der Waals surface area contributed by atoms with Crippen molar-refractivity contribution in [3.8, 4) is 11.5 Å². The van der Waals surface area contributed by atoms with Crippen LogP contribution in [0, 0.1) is 0 Å². The molecule has 29 heavy (non-hydrogen) atoms. The van der Waals surface area contributed by atoms with Crippen molar-refractivity contribution >= 4 is 28.9 Å². The molecule has 0 spiro atoms. The third-order valence-corrected chi connectivity index (χ3v) is 4.39. The highest BCUT2D eigenvalue weighted by Crippen LogP contribution is 2.33. The lowest BCUT2D eigenvalue weighted by molar-refractivity contribution is 0.101. The number of benzene rings is 2. The van der Waals surface area contributed by atoms with Crippen LogP contribution in [0.5, 0.6) is 11.5 Å². The highest BCUT2D eigenvalue weighted by Gasteiger charge is 2.13. The molecular weight excluding hydrogens is 370 g/mol. The Hall–Kier alpha value is -3.87. The van der Waals surface area contributed by atoms with Crippen molar-refractivity contribution in [1.29, 1.82) is 0 Å². The summed E-state index contributed by atoms with van der Waals surface area (Å²) < 4.78 is 11.1. The highest BCUT2D eigenvalue weighted by molar-refractivity contribution is 6.05. The molecule has 0 aliphatic carbocycles. The zero-order chi connectivity index (χ0) is 20.2. The minimum atomic E-state index is -0.270. The highest BCUT2D eigenvalue weighted by atomic mass is 16.6. The van der Waals surface area contributed by atoms with E-state index in [9.17, 15) is 9.59 Å². The fourth-order valence-electron chi connectivity index (χ4n) is 2.90. The molecule has 0 saturated carbocycles. The third kappa shape index (κ3) is 4.35. The maximum absolute atomic E-state index is 12.6. The first-order valence-corrected chi connectivity index (χ1v) is 9.13. The van der Waals surface area contributed by atoms with E-state index in [0.29, 0.717) is 47.3 Å². The molecule has 0 saturated heterocycles. The van der Waals surface area contributed by atoms with E-state index in [1.807, 2.05) is 18.2 Å². The molecule has 2 heterocycles. The molecule has 0 fully saturated rings. The van der Waals surface area contributed by atoms with Crippen LogP contribution in [0.1, 0.15) is 27.6 Å². The van der Waals surface area contributed by atoms with E-state index >= 15 is 0 Å². The molecular formula is C22H19N3O4. The summed E-state index contributed by atoms with van der Waals surface area (Å²) in [5.74, 6) is 1.61. The molecule has 0 radical (unpaired) electrons. The van der Waals surface area contributed by atoms with Crippen LogP contribution in [0.3, 0.4) is 0 Å². The molecule has 1 aliphatic rings. The third-order valence-electron chi connectivity index (χ3n) is 4.39. The minimum absolute atomic E-state index is 0.0214. The van der Waals surface area contributed by atoms with Gasteiger partial charge < -0.3 is 20.1 Å². The molecule has 2 N–H and O–H groups in total. The summed E-state index contributed by atoms with van der Waals surface area (Å²) >= 11 is 0. The summed E-state index contributed by atoms with van der Waals surface area (Å²) in [5.41, 5.74) is 2.44. The topological polar surface area (TPSA) is 89.6 Å². The molecule has 4 rings (SSSR count). The molecule has 1 aliphatic heterocycles. The monoisotopic (exact) mass is 389 g/mol. The largest absolute Gasteiger partial charge is 0.486 e. The number of nitrogens with one attached hydrogen (secondary N) is 2. The average Bonchev–Trinajstić information content (AvgIpc) is 2.74. The summed E-state index contributed by atoms with van der Waals surface area (Å²) in [6.45, 7) is 2.55. The second-order valence-corrected chi connectivity index (χ2v) is 6.50. The van der Waals surface area contributed by atoms with Gasteiger partial charge in [0.05, 0.1) is 0 Å². The number of aromatic nitrogens is 1. The molecule has 1 aromatic heterocycles. The van der Waals surface area contributed by atoms with Gasteiger partial charge in [0, 0.05) is 34.8 Å². The summed E-state index contributed by atoms with van der Waals surface area (Å²) in [4.78, 5) is 28.2. The number of anilines is 3. The maximum Gasteiger partial charge on any atom is 0.255 e. The maximum atomic E-state index is 12.6. The van der Waals surface area contributed by atoms with E-state index in [1.165, 1.54) is 6.92 Å². The lowest BCUT2D eigenvalue weighted by Gasteiger charge is -2.19. The number of fused-ring (bicyclic) bond motifs is 1. The Morgan fingerprint density at radius 1 is 0.862 bits per heavy atom. The molecule has 0 unspecified atom stereocenters. The molecule has 0 bridgehead atoms. The smallest absolute Gasteiger partial charge is 0.255 e. The van der Waals surface area contributed by atoms with Crippen LogP contribution in [0.15, 0.2) is 60.8 Å². The second kappa shape index (κ2) is 8.02. The van der Waals surface area contributed by atoms with Gasteiger partial charge in [-0.3, -0.25) is 9.59 Å². The van der Waals surface area contributed by atoms with E-state index in [2.05, 4.69) is 15.6 Å². The zero-order valence-electron chi connectivity index (χ0n) is 15.8. The van der Waals surface area contributed by atoms with Crippen molar-refractivity contribution in [2.45, 2.75) is 6.92 Å². The lowest BCUT2D eigenvalue weighted by atomic mass is 10.1. The van der Waals surface area contributed by atoms with Gasteiger partial charge in [0.25, 0.3) is 5.91 Å². The Morgan fingerprint density at radius 2 is 1.59 bits per heavy atom. The van der Waals surface area contributed by atoms with Crippen LogP contribution < -0.4 is 20.1 Å². The number of hydrogen-bond acceptors (Lipinski definition) is 6. The minimum Gasteiger partial charge on any atom is -0.486 e. The average molecular weight is 389 g/mol. The number of carbonyl (C=O) groups is 2. The molecule has 1 amide bonds. The van der Waals surface area contributed by atoms with Gasteiger partial charge in [-0.2, -0.15) is 0 Å². The number of ether oxygens (including phenoxy) is 2. The summed E-state index contributed by atoms with van der Waals surface area (Å²) in [6.07, 6.45) is 1.56. The van der Waals surface area contributed by atoms with Crippen LogP contribution in [-0.2, 0) is 0 Å². The number of ketones is 1. The van der Waals surface area contributed by atoms with Gasteiger partial charge >= 0.3 is 0 Å². The van der Waals surface area contributed by atoms with Crippen molar-refractivity contribution < 1.29 is 19.1 Å². The van der Waals surface area contributed by atoms with Gasteiger partial charge in [-0.25, -0.2) is 4.98 Å². The van der Waals surface area contributed by atoms with E-state index in [-0.39, 0.29) is 11.7 Å². The van der Waals surface area contributed by atoms with Crippen LogP contribution in [0.25, 0.3) is 0 Å². The number of nitrogens with zero attached hydrogens (tertiary/aromatic N) is 1. The number of carbonyl (C=O) groups excluding carboxylic acids is 2. The number of rotatable bonds is 5. The van der Waals surface area contributed by atoms with E-state index in [1.54, 1.807) is 42.6 Å². The Morgan fingerprint density at radius 3 is 2.34 bits per heavy atom. The fourth-order valence-corrected chi connectivity index (χ4v) is 2.90. The van der Waals surface area contributed by atoms with E-state index in [4.69, 9.17) is 9.47 Å². The lowest BCUT2D eigenvalue weighted by Crippen LogP contribution is -2.15. The van der Waals surface area contributed by atoms with Gasteiger partial charge in [0.15, 0.2) is 17.3 Å². The predicted molar refractivity (Wildman–Crippen MR) is 109 cm³/mol. The molecule has 7 heteroatoms. The van der Waals surface area contributed by atoms with E-state index < -0.39 is 0 Å². The van der Waals surface area contributed by atoms with Crippen LogP contribution >= 0.6 is 0 Å². The number of hydrogen-bond donors (Lipinski definition) is 2. The van der Waals surface area contributed by atoms with Crippen LogP contribution in [0.4, 0.5) is 17.2 Å². The Bertz CT molecular complexity index is 1060. The second-order valence-electron chi connectivity index (χ2n) is 6.50. The van der Waals surface area contributed by atoms with Crippen molar-refractivity contribution in [3.63, 3.8) is 0 Å². The van der Waals surface area contributed by atoms with Gasteiger partial charge in [0.2, 0.25) is 0 Å². The Kier molecular flexibility index (Phi) is 5.11. The fraction of sp³-hybridized carbons (Fsp3) is 0.136. The van der Waals surface area contributed by atoms with Crippen molar-refractivity contribution in [3.05, 3.63) is 71.9 Å². The quantitative estimate of drug-likeness (QED) is 0.640. The van der Waals surface area contributed by atoms with Crippen molar-refractivity contribution in [2.75, 3.05) is 23.8 Å². The summed E-state index contributed by atoms with van der Waals surface area (Å²) in [7, 11) is 0. The molecule has 3 aromatic rings. The Labute approximate surface area is 167 Å². The van der Waals surface area contributed by atoms with E-state index in [0.717, 1.165) is 5.69 Å². The number of pyridine rings is 1. The first-order chi connectivity index (χ1) is 14.1. The SMILES string of the molecule is CC(=O)c1ccc(NC(=O)c2ccnc(Nc3ccc4c(c3)OCCO4)c2)cc1. The van der Waals surface area contributed by atoms with Gasteiger partial charge in [-0.05, 0) is 55.5 Å². The number of amides is 1. The van der Waals surface area contributed by atoms with Crippen LogP contribution in [-0.4, -0.2) is 29.9 Å². The van der Waals surface area contributed by atoms with Gasteiger partial charge in [-0.1, -0.05) is 0 Å².